The molecule has 4 aromatic rings. The van der Waals surface area contributed by atoms with E-state index in [4.69, 9.17) is 23.2 Å². The summed E-state index contributed by atoms with van der Waals surface area (Å²) in [7, 11) is 1.86. The molecule has 37 heavy (non-hydrogen) atoms. The second kappa shape index (κ2) is 10.6. The van der Waals surface area contributed by atoms with Crippen LogP contribution in [0.2, 0.25) is 9.36 Å². The molecule has 4 aromatic heterocycles. The first-order valence-corrected chi connectivity index (χ1v) is 12.9. The standard InChI is InChI=1S/C26H25Cl2N5O3S/c1-26(2,3)25(36)33-23(31(4)14-18-7-8-22(28)37-18)11-20(30-33)17-10-19(27)24(35)32(13-17)15-21(34)16-6-5-9-29-12-16/h5-13H,14-15H2,1-4H3. The molecule has 0 saturated heterocycles. The molecule has 0 N–H and O–H groups in total. The summed E-state index contributed by atoms with van der Waals surface area (Å²) in [6.45, 7) is 5.76. The van der Waals surface area contributed by atoms with Crippen LogP contribution >= 0.6 is 34.5 Å². The predicted octanol–water partition coefficient (Wildman–Crippen LogP) is 5.68. The maximum Gasteiger partial charge on any atom is 0.269 e. The Labute approximate surface area is 228 Å². The topological polar surface area (TPSA) is 90.1 Å². The summed E-state index contributed by atoms with van der Waals surface area (Å²) in [6, 6.07) is 10.3. The summed E-state index contributed by atoms with van der Waals surface area (Å²) in [4.78, 5) is 45.6. The molecule has 8 nitrogen and oxygen atoms in total. The highest BCUT2D eigenvalue weighted by atomic mass is 35.5. The number of anilines is 1. The molecule has 0 saturated carbocycles. The number of thiophene rings is 1. The first-order chi connectivity index (χ1) is 17.4. The van der Waals surface area contributed by atoms with Gasteiger partial charge in [-0.05, 0) is 30.3 Å². The van der Waals surface area contributed by atoms with Crippen LogP contribution in [0.5, 0.6) is 0 Å². The third-order valence-corrected chi connectivity index (χ3v) is 7.06. The van der Waals surface area contributed by atoms with Crippen molar-refractivity contribution in [3.05, 3.63) is 85.1 Å². The largest absolute Gasteiger partial charge is 0.354 e. The first-order valence-electron chi connectivity index (χ1n) is 11.4. The van der Waals surface area contributed by atoms with Gasteiger partial charge in [-0.2, -0.15) is 9.78 Å². The van der Waals surface area contributed by atoms with Crippen molar-refractivity contribution in [3.63, 3.8) is 0 Å². The second-order valence-corrected chi connectivity index (χ2v) is 11.8. The number of rotatable bonds is 7. The number of carbonyl (C=O) groups is 2. The van der Waals surface area contributed by atoms with Crippen LogP contribution in [-0.2, 0) is 13.1 Å². The molecule has 0 unspecified atom stereocenters. The summed E-state index contributed by atoms with van der Waals surface area (Å²) in [5, 5.41) is 4.54. The minimum absolute atomic E-state index is 0.0590. The molecule has 0 radical (unpaired) electrons. The van der Waals surface area contributed by atoms with E-state index < -0.39 is 11.0 Å². The van der Waals surface area contributed by atoms with Crippen molar-refractivity contribution in [3.8, 4) is 11.3 Å². The predicted molar refractivity (Wildman–Crippen MR) is 147 cm³/mol. The molecule has 0 aliphatic heterocycles. The van der Waals surface area contributed by atoms with Crippen LogP contribution in [0, 0.1) is 5.41 Å². The number of pyridine rings is 2. The van der Waals surface area contributed by atoms with E-state index in [2.05, 4.69) is 10.1 Å². The van der Waals surface area contributed by atoms with E-state index in [1.54, 1.807) is 24.4 Å². The van der Waals surface area contributed by atoms with Gasteiger partial charge >= 0.3 is 0 Å². The molecule has 0 fully saturated rings. The van der Waals surface area contributed by atoms with E-state index in [0.717, 1.165) is 4.88 Å². The van der Waals surface area contributed by atoms with Gasteiger partial charge in [0.15, 0.2) is 5.78 Å². The molecule has 11 heteroatoms. The lowest BCUT2D eigenvalue weighted by molar-refractivity contribution is 0.0751. The number of Topliss-reactive ketones (excluding diaryl/α,β-unsaturated/α-hetero) is 1. The molecule has 4 rings (SSSR count). The van der Waals surface area contributed by atoms with Gasteiger partial charge in [-0.15, -0.1) is 11.3 Å². The van der Waals surface area contributed by atoms with E-state index in [-0.39, 0.29) is 23.3 Å². The number of hydrogen-bond acceptors (Lipinski definition) is 7. The van der Waals surface area contributed by atoms with Crippen molar-refractivity contribution in [2.75, 3.05) is 11.9 Å². The van der Waals surface area contributed by atoms with Crippen molar-refractivity contribution < 1.29 is 9.59 Å². The van der Waals surface area contributed by atoms with E-state index in [1.807, 2.05) is 44.9 Å². The van der Waals surface area contributed by atoms with Crippen LogP contribution in [0.15, 0.2) is 59.8 Å². The average Bonchev–Trinajstić information content (AvgIpc) is 3.47. The Kier molecular flexibility index (Phi) is 7.68. The zero-order valence-corrected chi connectivity index (χ0v) is 23.1. The molecular formula is C26H25Cl2N5O3S. The minimum Gasteiger partial charge on any atom is -0.354 e. The van der Waals surface area contributed by atoms with Gasteiger partial charge in [-0.1, -0.05) is 44.0 Å². The van der Waals surface area contributed by atoms with Gasteiger partial charge in [-0.3, -0.25) is 19.4 Å². The average molecular weight is 558 g/mol. The van der Waals surface area contributed by atoms with Crippen molar-refractivity contribution in [1.29, 1.82) is 0 Å². The quantitative estimate of drug-likeness (QED) is 0.271. The summed E-state index contributed by atoms with van der Waals surface area (Å²) >= 11 is 13.8. The molecule has 4 heterocycles. The highest BCUT2D eigenvalue weighted by Gasteiger charge is 2.28. The zero-order chi connectivity index (χ0) is 26.9. The number of aromatic nitrogens is 4. The molecule has 0 bridgehead atoms. The first kappa shape index (κ1) is 26.8. The smallest absolute Gasteiger partial charge is 0.269 e. The normalized spacial score (nSPS) is 11.5. The SMILES string of the molecule is CN(Cc1ccc(Cl)s1)c1cc(-c2cc(Cl)c(=O)n(CC(=O)c3cccnc3)c2)nn1C(=O)C(C)(C)C. The zero-order valence-electron chi connectivity index (χ0n) is 20.7. The molecular weight excluding hydrogens is 533 g/mol. The third-order valence-electron chi connectivity index (χ3n) is 5.57. The highest BCUT2D eigenvalue weighted by Crippen LogP contribution is 2.30. The van der Waals surface area contributed by atoms with Crippen molar-refractivity contribution >= 4 is 52.0 Å². The lowest BCUT2D eigenvalue weighted by atomic mass is 9.96. The number of nitrogens with zero attached hydrogens (tertiary/aromatic N) is 5. The number of carbonyl (C=O) groups excluding carboxylic acids is 2. The van der Waals surface area contributed by atoms with Gasteiger partial charge in [0.05, 0.1) is 23.1 Å². The molecule has 192 valence electrons. The Bertz CT molecular complexity index is 1520. The van der Waals surface area contributed by atoms with Gasteiger partial charge in [-0.25, -0.2) is 0 Å². The fourth-order valence-corrected chi connectivity index (χ4v) is 5.00. The summed E-state index contributed by atoms with van der Waals surface area (Å²) in [6.07, 6.45) is 4.54. The number of ketones is 1. The van der Waals surface area contributed by atoms with Gasteiger partial charge in [0.2, 0.25) is 0 Å². The Morgan fingerprint density at radius 2 is 1.89 bits per heavy atom. The van der Waals surface area contributed by atoms with E-state index >= 15 is 0 Å². The Morgan fingerprint density at radius 3 is 2.51 bits per heavy atom. The van der Waals surface area contributed by atoms with Crippen molar-refractivity contribution in [1.82, 2.24) is 19.3 Å². The van der Waals surface area contributed by atoms with Gasteiger partial charge in [0, 0.05) is 53.1 Å². The number of hydrogen-bond donors (Lipinski definition) is 0. The Balaban J connectivity index is 1.74. The van der Waals surface area contributed by atoms with E-state index in [0.29, 0.717) is 33.5 Å². The third kappa shape index (κ3) is 6.01. The van der Waals surface area contributed by atoms with Crippen LogP contribution in [-0.4, -0.2) is 38.1 Å². The maximum absolute atomic E-state index is 13.3. The molecule has 0 spiro atoms. The second-order valence-electron chi connectivity index (χ2n) is 9.59. The Morgan fingerprint density at radius 1 is 1.14 bits per heavy atom. The van der Waals surface area contributed by atoms with Crippen LogP contribution < -0.4 is 10.5 Å². The minimum atomic E-state index is -0.697. The van der Waals surface area contributed by atoms with Gasteiger partial charge in [0.25, 0.3) is 11.5 Å². The van der Waals surface area contributed by atoms with E-state index in [9.17, 15) is 14.4 Å². The number of halogens is 2. The Hall–Kier alpha value is -3.27. The fourth-order valence-electron chi connectivity index (χ4n) is 3.63. The van der Waals surface area contributed by atoms with Crippen molar-refractivity contribution in [2.45, 2.75) is 33.9 Å². The summed E-state index contributed by atoms with van der Waals surface area (Å²) < 4.78 is 3.30. The van der Waals surface area contributed by atoms with Gasteiger partial charge < -0.3 is 9.47 Å². The molecule has 0 aromatic carbocycles. The monoisotopic (exact) mass is 557 g/mol. The summed E-state index contributed by atoms with van der Waals surface area (Å²) in [5.74, 6) is 0.0858. The molecule has 0 aliphatic rings. The maximum atomic E-state index is 13.3. The van der Waals surface area contributed by atoms with Crippen LogP contribution in [0.1, 0.15) is 40.8 Å². The highest BCUT2D eigenvalue weighted by molar-refractivity contribution is 7.16. The van der Waals surface area contributed by atoms with E-state index in [1.165, 1.54) is 39.0 Å². The fraction of sp³-hybridized carbons (Fsp3) is 0.269. The van der Waals surface area contributed by atoms with Crippen LogP contribution in [0.3, 0.4) is 0 Å². The lowest BCUT2D eigenvalue weighted by Gasteiger charge is -2.22. The van der Waals surface area contributed by atoms with Gasteiger partial charge in [0.1, 0.15) is 10.8 Å². The van der Waals surface area contributed by atoms with Crippen molar-refractivity contribution in [2.24, 2.45) is 5.41 Å². The van der Waals surface area contributed by atoms with Crippen LogP contribution in [0.25, 0.3) is 11.3 Å². The lowest BCUT2D eigenvalue weighted by Crippen LogP contribution is -2.31. The summed E-state index contributed by atoms with van der Waals surface area (Å²) in [5.41, 5.74) is 0.122. The molecule has 0 atom stereocenters. The molecule has 0 aliphatic carbocycles. The molecule has 0 amide bonds. The van der Waals surface area contributed by atoms with Crippen LogP contribution in [0.4, 0.5) is 5.82 Å².